The summed E-state index contributed by atoms with van der Waals surface area (Å²) in [6, 6.07) is 23.9. The second-order valence-electron chi connectivity index (χ2n) is 9.38. The number of fused-ring (bicyclic) bond motifs is 2. The molecule has 170 valence electrons. The van der Waals surface area contributed by atoms with Gasteiger partial charge in [0.05, 0.1) is 17.6 Å². The van der Waals surface area contributed by atoms with Crippen LogP contribution in [-0.2, 0) is 12.8 Å². The lowest BCUT2D eigenvalue weighted by molar-refractivity contribution is 0.312. The van der Waals surface area contributed by atoms with Crippen molar-refractivity contribution >= 4 is 11.8 Å². The number of rotatable bonds is 4. The third kappa shape index (κ3) is 3.71. The lowest BCUT2D eigenvalue weighted by Crippen LogP contribution is -2.48. The summed E-state index contributed by atoms with van der Waals surface area (Å²) in [7, 11) is 0. The van der Waals surface area contributed by atoms with Gasteiger partial charge < -0.3 is 4.90 Å². The maximum atomic E-state index is 13.6. The van der Waals surface area contributed by atoms with Crippen molar-refractivity contribution in [1.82, 2.24) is 9.78 Å². The molecule has 1 aliphatic heterocycles. The summed E-state index contributed by atoms with van der Waals surface area (Å²) in [6.45, 7) is 1.84. The molecule has 1 atom stereocenters. The summed E-state index contributed by atoms with van der Waals surface area (Å²) in [5.74, 6) is -0.465. The van der Waals surface area contributed by atoms with Crippen molar-refractivity contribution < 1.29 is 8.78 Å². The largest absolute Gasteiger partial charge is 0.370 e. The standard InChI is InChI=1S/C29H25F2N3/c30-24-8-6-21(7-9-24)17-29-18-22-19-32-34(27-12-10-25(31)11-13-27)28(22)16-23(29)14-15-33(20-29)26-4-2-1-3-5-26/h1-13,16,19H,14-15,17-18,20H2. The van der Waals surface area contributed by atoms with Gasteiger partial charge in [-0.2, -0.15) is 5.10 Å². The van der Waals surface area contributed by atoms with Crippen molar-refractivity contribution in [2.45, 2.75) is 19.3 Å². The van der Waals surface area contributed by atoms with E-state index < -0.39 is 0 Å². The van der Waals surface area contributed by atoms with E-state index in [-0.39, 0.29) is 17.0 Å². The minimum Gasteiger partial charge on any atom is -0.370 e. The van der Waals surface area contributed by atoms with Crippen LogP contribution in [0.4, 0.5) is 14.5 Å². The quantitative estimate of drug-likeness (QED) is 0.365. The molecule has 1 saturated heterocycles. The van der Waals surface area contributed by atoms with E-state index in [0.717, 1.165) is 49.3 Å². The molecule has 34 heavy (non-hydrogen) atoms. The first-order chi connectivity index (χ1) is 16.6. The molecule has 2 aliphatic rings. The topological polar surface area (TPSA) is 21.1 Å². The number of nitrogens with zero attached hydrogens (tertiary/aromatic N) is 3. The predicted octanol–water partition coefficient (Wildman–Crippen LogP) is 6.23. The Morgan fingerprint density at radius 3 is 2.26 bits per heavy atom. The minimum atomic E-state index is -0.255. The molecular weight excluding hydrogens is 428 g/mol. The first-order valence-electron chi connectivity index (χ1n) is 11.7. The van der Waals surface area contributed by atoms with Crippen molar-refractivity contribution in [2.75, 3.05) is 18.0 Å². The molecule has 0 saturated carbocycles. The van der Waals surface area contributed by atoms with Crippen LogP contribution in [0.15, 0.2) is 90.6 Å². The van der Waals surface area contributed by atoms with E-state index in [0.29, 0.717) is 0 Å². The van der Waals surface area contributed by atoms with Crippen LogP contribution in [0.1, 0.15) is 23.2 Å². The summed E-state index contributed by atoms with van der Waals surface area (Å²) in [5, 5.41) is 4.67. The molecule has 5 heteroatoms. The highest BCUT2D eigenvalue weighted by Crippen LogP contribution is 2.47. The van der Waals surface area contributed by atoms with Gasteiger partial charge in [-0.3, -0.25) is 0 Å². The Morgan fingerprint density at radius 2 is 1.53 bits per heavy atom. The molecule has 3 aromatic carbocycles. The minimum absolute atomic E-state index is 0.102. The highest BCUT2D eigenvalue weighted by atomic mass is 19.1. The Kier molecular flexibility index (Phi) is 5.05. The van der Waals surface area contributed by atoms with Gasteiger partial charge in [0.15, 0.2) is 0 Å². The number of piperidine rings is 1. The molecule has 1 aliphatic carbocycles. The van der Waals surface area contributed by atoms with Crippen LogP contribution in [-0.4, -0.2) is 22.9 Å². The Bertz CT molecular complexity index is 1340. The molecule has 0 radical (unpaired) electrons. The first-order valence-corrected chi connectivity index (χ1v) is 11.7. The molecule has 0 bridgehead atoms. The summed E-state index contributed by atoms with van der Waals surface area (Å²) in [6.07, 6.45) is 6.88. The van der Waals surface area contributed by atoms with Crippen molar-refractivity contribution in [3.05, 3.63) is 119 Å². The molecule has 6 rings (SSSR count). The van der Waals surface area contributed by atoms with Crippen LogP contribution < -0.4 is 4.90 Å². The highest BCUT2D eigenvalue weighted by Gasteiger charge is 2.43. The summed E-state index contributed by atoms with van der Waals surface area (Å²) in [4.78, 5) is 2.47. The highest BCUT2D eigenvalue weighted by molar-refractivity contribution is 5.63. The average molecular weight is 454 g/mol. The number of para-hydroxylation sites is 1. The van der Waals surface area contributed by atoms with Crippen molar-refractivity contribution in [1.29, 1.82) is 0 Å². The van der Waals surface area contributed by atoms with E-state index in [1.165, 1.54) is 29.0 Å². The van der Waals surface area contributed by atoms with Gasteiger partial charge in [-0.1, -0.05) is 35.9 Å². The molecule has 0 N–H and O–H groups in total. The third-order valence-corrected chi connectivity index (χ3v) is 7.20. The van der Waals surface area contributed by atoms with Crippen LogP contribution >= 0.6 is 0 Å². The SMILES string of the molecule is Fc1ccc(CC23Cc4cnn(-c5ccc(F)cc5)c4C=C2CCN(c2ccccc2)C3)cc1. The monoisotopic (exact) mass is 453 g/mol. The van der Waals surface area contributed by atoms with Gasteiger partial charge in [0.1, 0.15) is 11.6 Å². The zero-order valence-electron chi connectivity index (χ0n) is 18.8. The van der Waals surface area contributed by atoms with Crippen molar-refractivity contribution in [3.8, 4) is 5.69 Å². The Morgan fingerprint density at radius 1 is 0.824 bits per heavy atom. The predicted molar refractivity (Wildman–Crippen MR) is 131 cm³/mol. The van der Waals surface area contributed by atoms with Crippen molar-refractivity contribution in [3.63, 3.8) is 0 Å². The normalized spacial score (nSPS) is 19.4. The van der Waals surface area contributed by atoms with Crippen molar-refractivity contribution in [2.24, 2.45) is 5.41 Å². The second kappa shape index (κ2) is 8.24. The average Bonchev–Trinajstić information content (AvgIpc) is 3.27. The van der Waals surface area contributed by atoms with Crippen LogP contribution in [0.2, 0.25) is 0 Å². The molecule has 0 spiro atoms. The van der Waals surface area contributed by atoms with Crippen LogP contribution in [0, 0.1) is 17.0 Å². The fourth-order valence-corrected chi connectivity index (χ4v) is 5.54. The molecule has 1 unspecified atom stereocenters. The third-order valence-electron chi connectivity index (χ3n) is 7.20. The van der Waals surface area contributed by atoms with Gasteiger partial charge in [-0.05, 0) is 85.0 Å². The molecule has 3 nitrogen and oxygen atoms in total. The first kappa shape index (κ1) is 20.8. The fraction of sp³-hybridized carbons (Fsp3) is 0.207. The lowest BCUT2D eigenvalue weighted by Gasteiger charge is -2.48. The Labute approximate surface area is 198 Å². The van der Waals surface area contributed by atoms with E-state index in [2.05, 4.69) is 40.3 Å². The summed E-state index contributed by atoms with van der Waals surface area (Å²) >= 11 is 0. The maximum Gasteiger partial charge on any atom is 0.123 e. The fourth-order valence-electron chi connectivity index (χ4n) is 5.54. The Balaban J connectivity index is 1.41. The number of hydrogen-bond acceptors (Lipinski definition) is 2. The van der Waals surface area contributed by atoms with E-state index in [1.54, 1.807) is 24.3 Å². The molecule has 4 aromatic rings. The number of anilines is 1. The zero-order chi connectivity index (χ0) is 23.1. The molecule has 2 heterocycles. The maximum absolute atomic E-state index is 13.6. The van der Waals surface area contributed by atoms with Crippen LogP contribution in [0.25, 0.3) is 11.8 Å². The van der Waals surface area contributed by atoms with E-state index in [1.807, 2.05) is 29.1 Å². The summed E-state index contributed by atoms with van der Waals surface area (Å²) < 4.78 is 29.0. The number of halogens is 2. The number of hydrogen-bond donors (Lipinski definition) is 0. The molecule has 1 fully saturated rings. The van der Waals surface area contributed by atoms with Gasteiger partial charge in [-0.25, -0.2) is 13.5 Å². The van der Waals surface area contributed by atoms with E-state index >= 15 is 0 Å². The van der Waals surface area contributed by atoms with Gasteiger partial charge in [-0.15, -0.1) is 0 Å². The lowest BCUT2D eigenvalue weighted by atomic mass is 9.65. The van der Waals surface area contributed by atoms with E-state index in [9.17, 15) is 8.78 Å². The van der Waals surface area contributed by atoms with Gasteiger partial charge in [0.25, 0.3) is 0 Å². The number of aromatic nitrogens is 2. The van der Waals surface area contributed by atoms with Crippen LogP contribution in [0.5, 0.6) is 0 Å². The van der Waals surface area contributed by atoms with Crippen LogP contribution in [0.3, 0.4) is 0 Å². The van der Waals surface area contributed by atoms with E-state index in [4.69, 9.17) is 0 Å². The van der Waals surface area contributed by atoms with Gasteiger partial charge in [0, 0.05) is 24.2 Å². The molecule has 0 amide bonds. The smallest absolute Gasteiger partial charge is 0.123 e. The zero-order valence-corrected chi connectivity index (χ0v) is 18.8. The molecule has 1 aromatic heterocycles. The Hall–Kier alpha value is -3.73. The summed E-state index contributed by atoms with van der Waals surface area (Å²) in [5.41, 5.74) is 6.78. The molecular formula is C29H25F2N3. The second-order valence-corrected chi connectivity index (χ2v) is 9.38. The van der Waals surface area contributed by atoms with Gasteiger partial charge in [0.2, 0.25) is 0 Å². The van der Waals surface area contributed by atoms with Gasteiger partial charge >= 0.3 is 0 Å². The number of benzene rings is 3.